The number of benzene rings is 2. The van der Waals surface area contributed by atoms with Crippen LogP contribution in [0, 0.1) is 5.82 Å². The van der Waals surface area contributed by atoms with E-state index in [2.05, 4.69) is 44.7 Å². The summed E-state index contributed by atoms with van der Waals surface area (Å²) in [4.78, 5) is 9.36. The van der Waals surface area contributed by atoms with Crippen molar-refractivity contribution in [2.75, 3.05) is 23.8 Å². The number of hydrogen-bond donors (Lipinski definition) is 3. The molecule has 30 heavy (non-hydrogen) atoms. The molecule has 0 aliphatic carbocycles. The standard InChI is InChI=1S/C22H24FN7/c1-29-21(18-11-25-28-20(18)27-22(29)24)26-17-10-15-4-2-3-5-19(15)30(13-17)12-14-6-8-16(23)9-7-14/h2-9,11,17,22H,10,12-13,24H2,1H3,(H2,25,27,28). The van der Waals surface area contributed by atoms with Gasteiger partial charge < -0.3 is 15.1 Å². The number of para-hydroxylation sites is 1. The highest BCUT2D eigenvalue weighted by molar-refractivity contribution is 6.04. The minimum absolute atomic E-state index is 0.0610. The molecule has 2 aliphatic rings. The molecule has 0 bridgehead atoms. The van der Waals surface area contributed by atoms with Crippen LogP contribution in [0.25, 0.3) is 0 Å². The third-order valence-corrected chi connectivity index (χ3v) is 5.73. The molecule has 2 aliphatic heterocycles. The van der Waals surface area contributed by atoms with Crippen molar-refractivity contribution in [3.05, 3.63) is 77.2 Å². The Morgan fingerprint density at radius 3 is 2.83 bits per heavy atom. The number of hydrogen-bond acceptors (Lipinski definition) is 5. The highest BCUT2D eigenvalue weighted by Crippen LogP contribution is 2.30. The van der Waals surface area contributed by atoms with Crippen LogP contribution >= 0.6 is 0 Å². The highest BCUT2D eigenvalue weighted by atomic mass is 19.1. The molecule has 1 aromatic heterocycles. The first kappa shape index (κ1) is 18.6. The predicted molar refractivity (Wildman–Crippen MR) is 116 cm³/mol. The van der Waals surface area contributed by atoms with Crippen LogP contribution in [-0.4, -0.2) is 46.9 Å². The number of nitrogens with two attached hydrogens (primary N) is 1. The fourth-order valence-corrected chi connectivity index (χ4v) is 4.18. The van der Waals surface area contributed by atoms with Gasteiger partial charge in [-0.3, -0.25) is 15.8 Å². The maximum atomic E-state index is 13.3. The maximum absolute atomic E-state index is 13.3. The Kier molecular flexibility index (Phi) is 4.63. The van der Waals surface area contributed by atoms with E-state index in [1.807, 2.05) is 24.1 Å². The van der Waals surface area contributed by atoms with Gasteiger partial charge in [-0.1, -0.05) is 30.3 Å². The van der Waals surface area contributed by atoms with Gasteiger partial charge in [-0.05, 0) is 35.7 Å². The zero-order valence-corrected chi connectivity index (χ0v) is 16.7. The van der Waals surface area contributed by atoms with Crippen molar-refractivity contribution in [2.24, 2.45) is 10.7 Å². The molecule has 0 amide bonds. The first-order chi connectivity index (χ1) is 14.6. The minimum Gasteiger partial charge on any atom is -0.365 e. The predicted octanol–water partition coefficient (Wildman–Crippen LogP) is 2.53. The van der Waals surface area contributed by atoms with Gasteiger partial charge in [0.1, 0.15) is 17.5 Å². The Morgan fingerprint density at radius 1 is 1.20 bits per heavy atom. The summed E-state index contributed by atoms with van der Waals surface area (Å²) in [6.07, 6.45) is 2.25. The number of rotatable bonds is 3. The highest BCUT2D eigenvalue weighted by Gasteiger charge is 2.30. The van der Waals surface area contributed by atoms with Gasteiger partial charge in [0, 0.05) is 25.8 Å². The van der Waals surface area contributed by atoms with Crippen LogP contribution < -0.4 is 16.0 Å². The number of anilines is 2. The van der Waals surface area contributed by atoms with Gasteiger partial charge in [0.25, 0.3) is 0 Å². The Labute approximate surface area is 174 Å². The van der Waals surface area contributed by atoms with E-state index in [-0.39, 0.29) is 18.1 Å². The lowest BCUT2D eigenvalue weighted by Gasteiger charge is -2.37. The molecule has 2 atom stereocenters. The quantitative estimate of drug-likeness (QED) is 0.624. The molecule has 0 saturated carbocycles. The molecular weight excluding hydrogens is 381 g/mol. The van der Waals surface area contributed by atoms with Crippen molar-refractivity contribution in [3.63, 3.8) is 0 Å². The molecule has 2 aromatic carbocycles. The molecule has 5 rings (SSSR count). The molecule has 4 N–H and O–H groups in total. The lowest BCUT2D eigenvalue weighted by Crippen LogP contribution is -2.52. The average Bonchev–Trinajstić information content (AvgIpc) is 3.21. The summed E-state index contributed by atoms with van der Waals surface area (Å²) in [5.41, 5.74) is 10.7. The summed E-state index contributed by atoms with van der Waals surface area (Å²) in [7, 11) is 1.93. The van der Waals surface area contributed by atoms with Gasteiger partial charge in [-0.25, -0.2) is 4.39 Å². The van der Waals surface area contributed by atoms with Crippen molar-refractivity contribution in [3.8, 4) is 0 Å². The van der Waals surface area contributed by atoms with Crippen molar-refractivity contribution in [1.29, 1.82) is 0 Å². The van der Waals surface area contributed by atoms with Crippen molar-refractivity contribution in [2.45, 2.75) is 25.3 Å². The molecule has 0 spiro atoms. The number of halogens is 1. The topological polar surface area (TPSA) is 85.6 Å². The van der Waals surface area contributed by atoms with E-state index in [0.717, 1.165) is 35.7 Å². The third-order valence-electron chi connectivity index (χ3n) is 5.73. The maximum Gasteiger partial charge on any atom is 0.154 e. The first-order valence-electron chi connectivity index (χ1n) is 10.0. The molecule has 154 valence electrons. The first-order valence-corrected chi connectivity index (χ1v) is 10.0. The van der Waals surface area contributed by atoms with E-state index in [0.29, 0.717) is 6.54 Å². The summed E-state index contributed by atoms with van der Waals surface area (Å²) in [6.45, 7) is 1.47. The van der Waals surface area contributed by atoms with Crippen LogP contribution in [0.1, 0.15) is 16.7 Å². The number of aliphatic imine (C=N–C) groups is 1. The molecular formula is C22H24FN7. The number of amidine groups is 1. The number of aromatic amines is 1. The van der Waals surface area contributed by atoms with Gasteiger partial charge in [-0.2, -0.15) is 5.10 Å². The smallest absolute Gasteiger partial charge is 0.154 e. The fraction of sp³-hybridized carbons (Fsp3) is 0.273. The molecule has 3 heterocycles. The van der Waals surface area contributed by atoms with E-state index in [4.69, 9.17) is 10.7 Å². The van der Waals surface area contributed by atoms with Crippen LogP contribution in [0.5, 0.6) is 0 Å². The average molecular weight is 405 g/mol. The SMILES string of the molecule is CN1C(=NC2Cc3ccccc3N(Cc3ccc(F)cc3)C2)c2cn[nH]c2NC1N. The molecule has 7 nitrogen and oxygen atoms in total. The van der Waals surface area contributed by atoms with E-state index in [9.17, 15) is 4.39 Å². The molecule has 0 saturated heterocycles. The van der Waals surface area contributed by atoms with Crippen LogP contribution in [0.3, 0.4) is 0 Å². The van der Waals surface area contributed by atoms with Crippen LogP contribution in [-0.2, 0) is 13.0 Å². The van der Waals surface area contributed by atoms with Gasteiger partial charge in [0.2, 0.25) is 0 Å². The Morgan fingerprint density at radius 2 is 2.00 bits per heavy atom. The minimum atomic E-state index is -0.372. The van der Waals surface area contributed by atoms with Crippen molar-refractivity contribution < 1.29 is 4.39 Å². The molecule has 2 unspecified atom stereocenters. The van der Waals surface area contributed by atoms with Gasteiger partial charge in [0.05, 0.1) is 17.8 Å². The van der Waals surface area contributed by atoms with Crippen molar-refractivity contribution >= 4 is 17.3 Å². The molecule has 3 aromatic rings. The lowest BCUT2D eigenvalue weighted by atomic mass is 9.97. The van der Waals surface area contributed by atoms with E-state index in [1.165, 1.54) is 23.4 Å². The summed E-state index contributed by atoms with van der Waals surface area (Å²) in [5, 5.41) is 10.3. The van der Waals surface area contributed by atoms with Gasteiger partial charge in [0.15, 0.2) is 6.29 Å². The second-order valence-corrected chi connectivity index (χ2v) is 7.81. The summed E-state index contributed by atoms with van der Waals surface area (Å²) in [6, 6.07) is 15.2. The zero-order chi connectivity index (χ0) is 20.7. The van der Waals surface area contributed by atoms with Crippen LogP contribution in [0.15, 0.2) is 59.7 Å². The van der Waals surface area contributed by atoms with E-state index >= 15 is 0 Å². The zero-order valence-electron chi connectivity index (χ0n) is 16.7. The Bertz CT molecular complexity index is 1080. The molecule has 0 fully saturated rings. The van der Waals surface area contributed by atoms with Crippen LogP contribution in [0.2, 0.25) is 0 Å². The van der Waals surface area contributed by atoms with E-state index < -0.39 is 0 Å². The normalized spacial score (nSPS) is 21.9. The van der Waals surface area contributed by atoms with Crippen molar-refractivity contribution in [1.82, 2.24) is 15.1 Å². The third kappa shape index (κ3) is 3.39. The number of H-pyrrole nitrogens is 1. The monoisotopic (exact) mass is 405 g/mol. The largest absolute Gasteiger partial charge is 0.365 e. The fourth-order valence-electron chi connectivity index (χ4n) is 4.18. The lowest BCUT2D eigenvalue weighted by molar-refractivity contribution is 0.399. The Hall–Kier alpha value is -3.39. The summed E-state index contributed by atoms with van der Waals surface area (Å²) < 4.78 is 13.3. The summed E-state index contributed by atoms with van der Waals surface area (Å²) >= 11 is 0. The van der Waals surface area contributed by atoms with Gasteiger partial charge >= 0.3 is 0 Å². The Balaban J connectivity index is 1.47. The van der Waals surface area contributed by atoms with E-state index in [1.54, 1.807) is 6.20 Å². The van der Waals surface area contributed by atoms with Crippen LogP contribution in [0.4, 0.5) is 15.9 Å². The molecule has 8 heteroatoms. The number of nitrogens with zero attached hydrogens (tertiary/aromatic N) is 4. The number of nitrogens with one attached hydrogen (secondary N) is 2. The van der Waals surface area contributed by atoms with Gasteiger partial charge in [-0.15, -0.1) is 0 Å². The second-order valence-electron chi connectivity index (χ2n) is 7.81. The second kappa shape index (κ2) is 7.46. The molecule has 0 radical (unpaired) electrons. The number of fused-ring (bicyclic) bond motifs is 2. The summed E-state index contributed by atoms with van der Waals surface area (Å²) in [5.74, 6) is 1.40. The number of aromatic nitrogens is 2.